The number of thioether (sulfide) groups is 2. The van der Waals surface area contributed by atoms with Crippen LogP contribution < -0.4 is 5.69 Å². The molecule has 0 bridgehead atoms. The van der Waals surface area contributed by atoms with Crippen LogP contribution in [-0.2, 0) is 11.5 Å². The van der Waals surface area contributed by atoms with Gasteiger partial charge in [-0.25, -0.2) is 4.79 Å². The van der Waals surface area contributed by atoms with E-state index in [1.54, 1.807) is 0 Å². The van der Waals surface area contributed by atoms with Gasteiger partial charge in [-0.2, -0.15) is 9.97 Å². The molecule has 1 aromatic heterocycles. The lowest BCUT2D eigenvalue weighted by Gasteiger charge is -2.04. The molecular weight excluding hydrogens is 362 g/mol. The monoisotopic (exact) mass is 375 g/mol. The highest BCUT2D eigenvalue weighted by atomic mass is 35.5. The first-order chi connectivity index (χ1) is 11.7. The maximum Gasteiger partial charge on any atom is 0.349 e. The highest BCUT2D eigenvalue weighted by molar-refractivity contribution is 7.99. The molecule has 1 N–H and O–H groups in total. The maximum atomic E-state index is 11.7. The first-order valence-corrected chi connectivity index (χ1v) is 9.56. The molecule has 0 aliphatic carbocycles. The average Bonchev–Trinajstić information content (AvgIpc) is 2.60. The van der Waals surface area contributed by atoms with Gasteiger partial charge in [0, 0.05) is 16.5 Å². The van der Waals surface area contributed by atoms with Gasteiger partial charge < -0.3 is 0 Å². The van der Waals surface area contributed by atoms with Gasteiger partial charge >= 0.3 is 5.69 Å². The van der Waals surface area contributed by atoms with E-state index < -0.39 is 0 Å². The number of nitrogens with one attached hydrogen (secondary N) is 1. The lowest BCUT2D eigenvalue weighted by atomic mass is 10.2. The van der Waals surface area contributed by atoms with Crippen LogP contribution in [-0.4, -0.2) is 15.0 Å². The first kappa shape index (κ1) is 17.1. The lowest BCUT2D eigenvalue weighted by Crippen LogP contribution is -2.13. The third kappa shape index (κ3) is 5.12. The van der Waals surface area contributed by atoms with Crippen molar-refractivity contribution < 1.29 is 0 Å². The molecule has 0 saturated carbocycles. The normalized spacial score (nSPS) is 10.7. The summed E-state index contributed by atoms with van der Waals surface area (Å²) < 4.78 is 0. The molecule has 122 valence electrons. The first-order valence-electron chi connectivity index (χ1n) is 7.21. The number of halogens is 1. The van der Waals surface area contributed by atoms with Crippen LogP contribution in [0.5, 0.6) is 0 Å². The van der Waals surface area contributed by atoms with Crippen LogP contribution in [0, 0.1) is 0 Å². The number of hydrogen-bond donors (Lipinski definition) is 1. The van der Waals surface area contributed by atoms with Crippen LogP contribution in [0.3, 0.4) is 0 Å². The largest absolute Gasteiger partial charge is 0.349 e. The fourth-order valence-corrected chi connectivity index (χ4v) is 3.72. The minimum atomic E-state index is -0.376. The van der Waals surface area contributed by atoms with Crippen LogP contribution in [0.1, 0.15) is 11.1 Å². The number of aromatic nitrogens is 3. The molecule has 0 aliphatic rings. The molecule has 0 fully saturated rings. The summed E-state index contributed by atoms with van der Waals surface area (Å²) in [6.45, 7) is 0. The molecule has 0 saturated heterocycles. The third-order valence-electron chi connectivity index (χ3n) is 3.11. The molecule has 0 aliphatic heterocycles. The Hall–Kier alpha value is -1.76. The Labute approximate surface area is 153 Å². The molecule has 3 rings (SSSR count). The van der Waals surface area contributed by atoms with Gasteiger partial charge in [-0.05, 0) is 23.3 Å². The van der Waals surface area contributed by atoms with Crippen molar-refractivity contribution in [1.82, 2.24) is 15.0 Å². The Kier molecular flexibility index (Phi) is 5.96. The molecule has 0 unspecified atom stereocenters. The molecule has 0 spiro atoms. The molecule has 24 heavy (non-hydrogen) atoms. The van der Waals surface area contributed by atoms with Crippen molar-refractivity contribution in [2.45, 2.75) is 21.8 Å². The van der Waals surface area contributed by atoms with Crippen LogP contribution in [0.2, 0.25) is 5.02 Å². The quantitative estimate of drug-likeness (QED) is 0.647. The second-order valence-electron chi connectivity index (χ2n) is 4.93. The Bertz CT molecular complexity index is 854. The number of aromatic amines is 1. The topological polar surface area (TPSA) is 58.6 Å². The Morgan fingerprint density at radius 2 is 1.54 bits per heavy atom. The second kappa shape index (κ2) is 8.37. The van der Waals surface area contributed by atoms with E-state index >= 15 is 0 Å². The molecule has 3 aromatic rings. The summed E-state index contributed by atoms with van der Waals surface area (Å²) >= 11 is 8.80. The molecule has 7 heteroatoms. The average molecular weight is 376 g/mol. The highest BCUT2D eigenvalue weighted by Gasteiger charge is 2.06. The van der Waals surface area contributed by atoms with E-state index in [1.807, 2.05) is 54.6 Å². The Morgan fingerprint density at radius 3 is 2.29 bits per heavy atom. The van der Waals surface area contributed by atoms with Gasteiger partial charge in [0.25, 0.3) is 0 Å². The minimum Gasteiger partial charge on any atom is -0.285 e. The van der Waals surface area contributed by atoms with Crippen molar-refractivity contribution >= 4 is 35.1 Å². The molecule has 0 amide bonds. The third-order valence-corrected chi connectivity index (χ3v) is 5.22. The SMILES string of the molecule is O=c1nc(SCc2ccccc2)nc(SCc2ccc(Cl)cc2)[nH]1. The summed E-state index contributed by atoms with van der Waals surface area (Å²) in [7, 11) is 0. The van der Waals surface area contributed by atoms with Gasteiger partial charge in [0.15, 0.2) is 10.3 Å². The van der Waals surface area contributed by atoms with Gasteiger partial charge in [-0.15, -0.1) is 0 Å². The van der Waals surface area contributed by atoms with Gasteiger partial charge in [0.05, 0.1) is 0 Å². The minimum absolute atomic E-state index is 0.376. The zero-order valence-electron chi connectivity index (χ0n) is 12.6. The van der Waals surface area contributed by atoms with Crippen molar-refractivity contribution in [2.75, 3.05) is 0 Å². The predicted molar refractivity (Wildman–Crippen MR) is 99.7 cm³/mol. The summed E-state index contributed by atoms with van der Waals surface area (Å²) in [5, 5.41) is 1.76. The number of H-pyrrole nitrogens is 1. The van der Waals surface area contributed by atoms with E-state index in [-0.39, 0.29) is 5.69 Å². The van der Waals surface area contributed by atoms with Crippen LogP contribution in [0.25, 0.3) is 0 Å². The van der Waals surface area contributed by atoms with Crippen molar-refractivity contribution in [3.63, 3.8) is 0 Å². The summed E-state index contributed by atoms with van der Waals surface area (Å²) in [6, 6.07) is 17.6. The molecule has 0 atom stereocenters. The zero-order chi connectivity index (χ0) is 16.8. The van der Waals surface area contributed by atoms with E-state index in [0.717, 1.165) is 11.3 Å². The van der Waals surface area contributed by atoms with E-state index in [9.17, 15) is 4.79 Å². The molecule has 4 nitrogen and oxygen atoms in total. The zero-order valence-corrected chi connectivity index (χ0v) is 15.0. The molecule has 2 aromatic carbocycles. The van der Waals surface area contributed by atoms with Crippen LogP contribution in [0.15, 0.2) is 69.7 Å². The fraction of sp³-hybridized carbons (Fsp3) is 0.118. The van der Waals surface area contributed by atoms with Gasteiger partial charge in [0.2, 0.25) is 0 Å². The van der Waals surface area contributed by atoms with E-state index in [4.69, 9.17) is 11.6 Å². The van der Waals surface area contributed by atoms with Crippen LogP contribution >= 0.6 is 35.1 Å². The summed E-state index contributed by atoms with van der Waals surface area (Å²) in [6.07, 6.45) is 0. The molecule has 0 radical (unpaired) electrons. The summed E-state index contributed by atoms with van der Waals surface area (Å²) in [5.74, 6) is 1.43. The predicted octanol–water partition coefficient (Wildman–Crippen LogP) is 4.40. The smallest absolute Gasteiger partial charge is 0.285 e. The van der Waals surface area contributed by atoms with E-state index in [1.165, 1.54) is 29.1 Å². The Balaban J connectivity index is 1.65. The standard InChI is InChI=1S/C17H14ClN3OS2/c18-14-8-6-13(7-9-14)11-24-17-20-15(22)19-16(21-17)23-10-12-4-2-1-3-5-12/h1-9H,10-11H2,(H,19,20,21,22). The molecule has 1 heterocycles. The summed E-state index contributed by atoms with van der Waals surface area (Å²) in [4.78, 5) is 22.7. The lowest BCUT2D eigenvalue weighted by molar-refractivity contribution is 0.766. The fourth-order valence-electron chi connectivity index (χ4n) is 1.93. The van der Waals surface area contributed by atoms with Gasteiger partial charge in [0.1, 0.15) is 0 Å². The van der Waals surface area contributed by atoms with Crippen molar-refractivity contribution in [1.29, 1.82) is 0 Å². The van der Waals surface area contributed by atoms with Crippen molar-refractivity contribution in [3.8, 4) is 0 Å². The van der Waals surface area contributed by atoms with Crippen molar-refractivity contribution in [3.05, 3.63) is 81.2 Å². The number of benzene rings is 2. The van der Waals surface area contributed by atoms with Gasteiger partial charge in [-0.3, -0.25) is 4.98 Å². The molecular formula is C17H14ClN3OS2. The Morgan fingerprint density at radius 1 is 0.875 bits per heavy atom. The maximum absolute atomic E-state index is 11.7. The van der Waals surface area contributed by atoms with Gasteiger partial charge in [-0.1, -0.05) is 77.6 Å². The second-order valence-corrected chi connectivity index (χ2v) is 7.27. The summed E-state index contributed by atoms with van der Waals surface area (Å²) in [5.41, 5.74) is 1.91. The number of nitrogens with zero attached hydrogens (tertiary/aromatic N) is 2. The van der Waals surface area contributed by atoms with E-state index in [2.05, 4.69) is 15.0 Å². The van der Waals surface area contributed by atoms with Crippen LogP contribution in [0.4, 0.5) is 0 Å². The number of hydrogen-bond acceptors (Lipinski definition) is 5. The highest BCUT2D eigenvalue weighted by Crippen LogP contribution is 2.23. The van der Waals surface area contributed by atoms with Crippen molar-refractivity contribution in [2.24, 2.45) is 0 Å². The van der Waals surface area contributed by atoms with E-state index in [0.29, 0.717) is 21.1 Å². The number of rotatable bonds is 6.